The van der Waals surface area contributed by atoms with Crippen molar-refractivity contribution in [1.29, 1.82) is 0 Å². The van der Waals surface area contributed by atoms with E-state index in [1.165, 1.54) is 0 Å². The number of ether oxygens (including phenoxy) is 1. The van der Waals surface area contributed by atoms with Crippen LogP contribution in [0.1, 0.15) is 53.2 Å². The SMILES string of the molecule is CCOC(=O)c1sc(NC(=O)C(C)(C)C(c2ccc(O)cc2)c2ccc(O)cc2)nc1C. The van der Waals surface area contributed by atoms with Gasteiger partial charge in [-0.3, -0.25) is 4.79 Å². The van der Waals surface area contributed by atoms with Crippen molar-refractivity contribution in [2.24, 2.45) is 5.41 Å². The number of nitrogens with one attached hydrogen (secondary N) is 1. The topological polar surface area (TPSA) is 109 Å². The smallest absolute Gasteiger partial charge is 0.350 e. The number of carbonyl (C=O) groups excluding carboxylic acids is 2. The number of thiazole rings is 1. The summed E-state index contributed by atoms with van der Waals surface area (Å²) < 4.78 is 5.05. The second kappa shape index (κ2) is 9.40. The van der Waals surface area contributed by atoms with E-state index in [4.69, 9.17) is 4.74 Å². The first-order chi connectivity index (χ1) is 15.1. The van der Waals surface area contributed by atoms with E-state index in [9.17, 15) is 19.8 Å². The average Bonchev–Trinajstić information content (AvgIpc) is 3.11. The predicted molar refractivity (Wildman–Crippen MR) is 123 cm³/mol. The molecule has 1 amide bonds. The molecule has 7 nitrogen and oxygen atoms in total. The Morgan fingerprint density at radius 1 is 1.03 bits per heavy atom. The number of aryl methyl sites for hydroxylation is 1. The molecule has 3 N–H and O–H groups in total. The molecule has 3 rings (SSSR count). The maximum absolute atomic E-state index is 13.4. The van der Waals surface area contributed by atoms with Crippen LogP contribution < -0.4 is 5.32 Å². The first-order valence-corrected chi connectivity index (χ1v) is 11.0. The van der Waals surface area contributed by atoms with Gasteiger partial charge in [0, 0.05) is 5.92 Å². The van der Waals surface area contributed by atoms with Gasteiger partial charge >= 0.3 is 5.97 Å². The molecule has 2 aromatic carbocycles. The summed E-state index contributed by atoms with van der Waals surface area (Å²) in [7, 11) is 0. The van der Waals surface area contributed by atoms with Crippen LogP contribution in [0, 0.1) is 12.3 Å². The largest absolute Gasteiger partial charge is 0.508 e. The van der Waals surface area contributed by atoms with Crippen molar-refractivity contribution < 1.29 is 24.5 Å². The fraction of sp³-hybridized carbons (Fsp3) is 0.292. The van der Waals surface area contributed by atoms with Gasteiger partial charge in [0.15, 0.2) is 5.13 Å². The summed E-state index contributed by atoms with van der Waals surface area (Å²) >= 11 is 1.08. The van der Waals surface area contributed by atoms with Crippen molar-refractivity contribution >= 4 is 28.3 Å². The number of phenols is 2. The van der Waals surface area contributed by atoms with Gasteiger partial charge in [-0.1, -0.05) is 49.4 Å². The maximum Gasteiger partial charge on any atom is 0.350 e. The van der Waals surface area contributed by atoms with Gasteiger partial charge in [-0.25, -0.2) is 9.78 Å². The maximum atomic E-state index is 13.4. The second-order valence-corrected chi connectivity index (χ2v) is 8.94. The predicted octanol–water partition coefficient (Wildman–Crippen LogP) is 4.84. The molecule has 0 saturated heterocycles. The van der Waals surface area contributed by atoms with Gasteiger partial charge in [0.2, 0.25) is 5.91 Å². The first kappa shape index (κ1) is 23.3. The standard InChI is InChI=1S/C24H26N2O5S/c1-5-31-21(29)20-14(2)25-23(32-20)26-22(30)24(3,4)19(15-6-10-17(27)11-7-15)16-8-12-18(28)13-9-16/h6-13,19,27-28H,5H2,1-4H3,(H,25,26,30). The molecule has 32 heavy (non-hydrogen) atoms. The number of carbonyl (C=O) groups is 2. The number of aromatic nitrogens is 1. The van der Waals surface area contributed by atoms with E-state index in [2.05, 4.69) is 10.3 Å². The minimum atomic E-state index is -0.947. The number of nitrogens with zero attached hydrogens (tertiary/aromatic N) is 1. The first-order valence-electron chi connectivity index (χ1n) is 10.2. The Bertz CT molecular complexity index is 1060. The molecule has 1 aromatic heterocycles. The molecule has 0 bridgehead atoms. The van der Waals surface area contributed by atoms with Crippen LogP contribution in [-0.4, -0.2) is 33.7 Å². The van der Waals surface area contributed by atoms with E-state index in [1.54, 1.807) is 62.4 Å². The zero-order valence-corrected chi connectivity index (χ0v) is 19.2. The summed E-state index contributed by atoms with van der Waals surface area (Å²) in [6.07, 6.45) is 0. The Balaban J connectivity index is 1.94. The summed E-state index contributed by atoms with van der Waals surface area (Å²) in [6.45, 7) is 7.32. The molecular weight excluding hydrogens is 428 g/mol. The molecule has 8 heteroatoms. The molecule has 0 spiro atoms. The number of hydrogen-bond acceptors (Lipinski definition) is 7. The monoisotopic (exact) mass is 454 g/mol. The van der Waals surface area contributed by atoms with Crippen LogP contribution in [0.15, 0.2) is 48.5 Å². The molecule has 0 atom stereocenters. The van der Waals surface area contributed by atoms with Crippen molar-refractivity contribution in [2.75, 3.05) is 11.9 Å². The normalized spacial score (nSPS) is 11.4. The van der Waals surface area contributed by atoms with E-state index in [0.29, 0.717) is 15.7 Å². The summed E-state index contributed by atoms with van der Waals surface area (Å²) in [5, 5.41) is 22.6. The van der Waals surface area contributed by atoms with Crippen molar-refractivity contribution in [3.63, 3.8) is 0 Å². The third-order valence-electron chi connectivity index (χ3n) is 5.24. The van der Waals surface area contributed by atoms with Gasteiger partial charge in [-0.2, -0.15) is 0 Å². The van der Waals surface area contributed by atoms with E-state index < -0.39 is 11.4 Å². The fourth-order valence-corrected chi connectivity index (χ4v) is 4.44. The van der Waals surface area contributed by atoms with Crippen LogP contribution in [0.5, 0.6) is 11.5 Å². The molecular formula is C24H26N2O5S. The number of hydrogen-bond donors (Lipinski definition) is 3. The third-order valence-corrected chi connectivity index (χ3v) is 6.29. The van der Waals surface area contributed by atoms with Gasteiger partial charge in [0.1, 0.15) is 16.4 Å². The highest BCUT2D eigenvalue weighted by atomic mass is 32.1. The molecule has 168 valence electrons. The molecule has 0 aliphatic rings. The number of anilines is 1. The lowest BCUT2D eigenvalue weighted by Crippen LogP contribution is -2.37. The Kier molecular flexibility index (Phi) is 6.84. The summed E-state index contributed by atoms with van der Waals surface area (Å²) in [5.41, 5.74) is 1.21. The molecule has 1 heterocycles. The quantitative estimate of drug-likeness (QED) is 0.441. The number of rotatable bonds is 7. The van der Waals surface area contributed by atoms with Gasteiger partial charge in [0.25, 0.3) is 0 Å². The molecule has 0 fully saturated rings. The third kappa shape index (κ3) is 4.91. The minimum absolute atomic E-state index is 0.130. The van der Waals surface area contributed by atoms with Crippen molar-refractivity contribution in [1.82, 2.24) is 4.98 Å². The van der Waals surface area contributed by atoms with E-state index in [0.717, 1.165) is 22.5 Å². The van der Waals surface area contributed by atoms with Crippen LogP contribution >= 0.6 is 11.3 Å². The van der Waals surface area contributed by atoms with Gasteiger partial charge in [-0.05, 0) is 49.2 Å². The highest BCUT2D eigenvalue weighted by molar-refractivity contribution is 7.17. The van der Waals surface area contributed by atoms with Gasteiger partial charge in [0.05, 0.1) is 17.7 Å². The number of phenolic OH excluding ortho intramolecular Hbond substituents is 2. The van der Waals surface area contributed by atoms with Gasteiger partial charge in [-0.15, -0.1) is 0 Å². The molecule has 0 radical (unpaired) electrons. The number of aromatic hydroxyl groups is 2. The van der Waals surface area contributed by atoms with Crippen LogP contribution in [0.25, 0.3) is 0 Å². The Labute approximate surface area is 190 Å². The van der Waals surface area contributed by atoms with E-state index in [-0.39, 0.29) is 29.9 Å². The van der Waals surface area contributed by atoms with Crippen LogP contribution in [0.2, 0.25) is 0 Å². The lowest BCUT2D eigenvalue weighted by atomic mass is 9.70. The highest BCUT2D eigenvalue weighted by Crippen LogP contribution is 2.42. The van der Waals surface area contributed by atoms with Crippen molar-refractivity contribution in [3.05, 3.63) is 70.2 Å². The zero-order chi connectivity index (χ0) is 23.5. The average molecular weight is 455 g/mol. The van der Waals surface area contributed by atoms with Crippen LogP contribution in [0.3, 0.4) is 0 Å². The lowest BCUT2D eigenvalue weighted by molar-refractivity contribution is -0.124. The summed E-state index contributed by atoms with van der Waals surface area (Å²) in [5.74, 6) is -0.870. The molecule has 3 aromatic rings. The molecule has 0 saturated carbocycles. The highest BCUT2D eigenvalue weighted by Gasteiger charge is 2.39. The number of benzene rings is 2. The van der Waals surface area contributed by atoms with E-state index >= 15 is 0 Å². The van der Waals surface area contributed by atoms with Crippen molar-refractivity contribution in [2.45, 2.75) is 33.6 Å². The summed E-state index contributed by atoms with van der Waals surface area (Å²) in [6, 6.07) is 13.4. The molecule has 0 aliphatic heterocycles. The summed E-state index contributed by atoms with van der Waals surface area (Å²) in [4.78, 5) is 30.2. The number of amides is 1. The molecule has 0 aliphatic carbocycles. The van der Waals surface area contributed by atoms with Crippen LogP contribution in [0.4, 0.5) is 5.13 Å². The Morgan fingerprint density at radius 3 is 2.00 bits per heavy atom. The Morgan fingerprint density at radius 2 is 1.53 bits per heavy atom. The van der Waals surface area contributed by atoms with Gasteiger partial charge < -0.3 is 20.3 Å². The zero-order valence-electron chi connectivity index (χ0n) is 18.4. The van der Waals surface area contributed by atoms with E-state index in [1.807, 2.05) is 13.8 Å². The number of esters is 1. The second-order valence-electron chi connectivity index (χ2n) is 7.95. The minimum Gasteiger partial charge on any atom is -0.508 e. The lowest BCUT2D eigenvalue weighted by Gasteiger charge is -2.33. The fourth-order valence-electron chi connectivity index (χ4n) is 3.58. The van der Waals surface area contributed by atoms with Crippen molar-refractivity contribution in [3.8, 4) is 11.5 Å². The molecule has 0 unspecified atom stereocenters. The van der Waals surface area contributed by atoms with Crippen LogP contribution in [-0.2, 0) is 9.53 Å². The Hall–Kier alpha value is -3.39.